The number of benzene rings is 2. The number of rotatable bonds is 3. The summed E-state index contributed by atoms with van der Waals surface area (Å²) in [5.41, 5.74) is 0.988. The van der Waals surface area contributed by atoms with Crippen molar-refractivity contribution >= 4 is 11.7 Å². The van der Waals surface area contributed by atoms with Gasteiger partial charge in [-0.2, -0.15) is 0 Å². The van der Waals surface area contributed by atoms with E-state index in [0.717, 1.165) is 11.8 Å². The van der Waals surface area contributed by atoms with Crippen LogP contribution >= 0.6 is 0 Å². The molecule has 1 atom stereocenters. The van der Waals surface area contributed by atoms with Gasteiger partial charge in [-0.15, -0.1) is 0 Å². The molecule has 0 aromatic heterocycles. The molecular weight excluding hydrogens is 340 g/mol. The molecule has 1 aliphatic heterocycles. The van der Waals surface area contributed by atoms with Crippen molar-refractivity contribution in [3.05, 3.63) is 59.7 Å². The Bertz CT molecular complexity index is 792. The van der Waals surface area contributed by atoms with Gasteiger partial charge in [0.15, 0.2) is 0 Å². The lowest BCUT2D eigenvalue weighted by Gasteiger charge is -2.36. The van der Waals surface area contributed by atoms with Crippen LogP contribution in [0, 0.1) is 11.6 Å². The number of para-hydroxylation sites is 2. The molecule has 3 rings (SSSR count). The molecule has 2 amide bonds. The number of hydrogen-bond donors (Lipinski definition) is 2. The van der Waals surface area contributed by atoms with Crippen LogP contribution in [0.1, 0.15) is 18.5 Å². The van der Waals surface area contributed by atoms with E-state index in [2.05, 4.69) is 5.32 Å². The number of carbonyl (C=O) groups excluding carboxylic acids is 1. The van der Waals surface area contributed by atoms with Crippen molar-refractivity contribution in [2.75, 3.05) is 31.1 Å². The summed E-state index contributed by atoms with van der Waals surface area (Å²) in [5.74, 6) is -1.11. The molecule has 0 saturated carbocycles. The van der Waals surface area contributed by atoms with Gasteiger partial charge in [-0.05, 0) is 25.1 Å². The highest BCUT2D eigenvalue weighted by Gasteiger charge is 2.24. The number of carbonyl (C=O) groups is 1. The van der Waals surface area contributed by atoms with Crippen LogP contribution in [0.25, 0.3) is 0 Å². The highest BCUT2D eigenvalue weighted by Crippen LogP contribution is 2.27. The van der Waals surface area contributed by atoms with Crippen molar-refractivity contribution in [2.45, 2.75) is 13.0 Å². The molecule has 26 heavy (non-hydrogen) atoms. The zero-order chi connectivity index (χ0) is 18.7. The van der Waals surface area contributed by atoms with E-state index in [1.165, 1.54) is 12.1 Å². The largest absolute Gasteiger partial charge is 0.506 e. The zero-order valence-electron chi connectivity index (χ0n) is 14.5. The van der Waals surface area contributed by atoms with Gasteiger partial charge in [0.1, 0.15) is 17.4 Å². The Kier molecular flexibility index (Phi) is 5.25. The van der Waals surface area contributed by atoms with E-state index < -0.39 is 17.7 Å². The van der Waals surface area contributed by atoms with Gasteiger partial charge in [-0.1, -0.05) is 18.2 Å². The Labute approximate surface area is 150 Å². The predicted octanol–water partition coefficient (Wildman–Crippen LogP) is 3.26. The molecule has 7 heteroatoms. The lowest BCUT2D eigenvalue weighted by molar-refractivity contribution is 0.191. The molecule has 0 bridgehead atoms. The summed E-state index contributed by atoms with van der Waals surface area (Å²) < 4.78 is 26.8. The van der Waals surface area contributed by atoms with Crippen LogP contribution < -0.4 is 10.2 Å². The lowest BCUT2D eigenvalue weighted by Crippen LogP contribution is -2.52. The maximum absolute atomic E-state index is 13.8. The first-order chi connectivity index (χ1) is 12.5. The number of piperazine rings is 1. The van der Waals surface area contributed by atoms with Crippen molar-refractivity contribution in [2.24, 2.45) is 0 Å². The third-order valence-corrected chi connectivity index (χ3v) is 4.56. The van der Waals surface area contributed by atoms with E-state index in [1.807, 2.05) is 17.0 Å². The summed E-state index contributed by atoms with van der Waals surface area (Å²) in [6.45, 7) is 3.80. The molecule has 2 aromatic carbocycles. The summed E-state index contributed by atoms with van der Waals surface area (Å²) in [4.78, 5) is 16.1. The zero-order valence-corrected chi connectivity index (χ0v) is 14.5. The van der Waals surface area contributed by atoms with Crippen molar-refractivity contribution in [3.8, 4) is 5.75 Å². The van der Waals surface area contributed by atoms with Crippen LogP contribution in [-0.4, -0.2) is 42.2 Å². The number of phenols is 1. The van der Waals surface area contributed by atoms with Crippen LogP contribution in [0.15, 0.2) is 42.5 Å². The molecule has 2 N–H and O–H groups in total. The summed E-state index contributed by atoms with van der Waals surface area (Å²) in [7, 11) is 0. The lowest BCUT2D eigenvalue weighted by atomic mass is 10.1. The molecule has 0 spiro atoms. The molecule has 1 fully saturated rings. The Balaban J connectivity index is 1.57. The van der Waals surface area contributed by atoms with E-state index in [0.29, 0.717) is 26.2 Å². The Hall–Kier alpha value is -2.83. The third kappa shape index (κ3) is 3.87. The molecule has 1 aliphatic rings. The minimum absolute atomic E-state index is 0.214. The fourth-order valence-corrected chi connectivity index (χ4v) is 3.09. The van der Waals surface area contributed by atoms with Gasteiger partial charge in [0.05, 0.1) is 11.7 Å². The van der Waals surface area contributed by atoms with Crippen LogP contribution in [0.2, 0.25) is 0 Å². The average Bonchev–Trinajstić information content (AvgIpc) is 2.62. The Morgan fingerprint density at radius 2 is 1.81 bits per heavy atom. The van der Waals surface area contributed by atoms with Crippen molar-refractivity contribution in [1.29, 1.82) is 0 Å². The molecule has 0 aliphatic carbocycles. The first-order valence-electron chi connectivity index (χ1n) is 8.49. The van der Waals surface area contributed by atoms with Crippen LogP contribution in [-0.2, 0) is 0 Å². The van der Waals surface area contributed by atoms with E-state index in [9.17, 15) is 18.7 Å². The molecule has 1 saturated heterocycles. The van der Waals surface area contributed by atoms with Crippen LogP contribution in [0.4, 0.5) is 19.3 Å². The van der Waals surface area contributed by atoms with Gasteiger partial charge >= 0.3 is 6.03 Å². The standard InChI is InChI=1S/C19H21F2N3O2/c1-13(15-7-6-14(20)12-16(15)21)22-19(26)24-10-8-23(9-11-24)17-4-2-3-5-18(17)25/h2-7,12-13,25H,8-11H2,1H3,(H,22,26). The molecule has 2 aromatic rings. The quantitative estimate of drug-likeness (QED) is 0.882. The first-order valence-corrected chi connectivity index (χ1v) is 8.49. The monoisotopic (exact) mass is 361 g/mol. The molecule has 1 heterocycles. The molecule has 1 unspecified atom stereocenters. The first kappa shape index (κ1) is 18.0. The smallest absolute Gasteiger partial charge is 0.317 e. The maximum atomic E-state index is 13.8. The minimum Gasteiger partial charge on any atom is -0.506 e. The number of anilines is 1. The van der Waals surface area contributed by atoms with Crippen molar-refractivity contribution in [3.63, 3.8) is 0 Å². The second-order valence-corrected chi connectivity index (χ2v) is 6.30. The summed E-state index contributed by atoms with van der Waals surface area (Å²) >= 11 is 0. The summed E-state index contributed by atoms with van der Waals surface area (Å²) in [6, 6.07) is 9.54. The maximum Gasteiger partial charge on any atom is 0.317 e. The number of aromatic hydroxyl groups is 1. The highest BCUT2D eigenvalue weighted by atomic mass is 19.1. The number of amides is 2. The average molecular weight is 361 g/mol. The molecule has 5 nitrogen and oxygen atoms in total. The van der Waals surface area contributed by atoms with Gasteiger partial charge in [-0.3, -0.25) is 0 Å². The van der Waals surface area contributed by atoms with E-state index in [4.69, 9.17) is 0 Å². The minimum atomic E-state index is -0.679. The third-order valence-electron chi connectivity index (χ3n) is 4.56. The van der Waals surface area contributed by atoms with E-state index in [-0.39, 0.29) is 17.3 Å². The van der Waals surface area contributed by atoms with E-state index in [1.54, 1.807) is 24.0 Å². The number of nitrogens with one attached hydrogen (secondary N) is 1. The second kappa shape index (κ2) is 7.59. The number of halogens is 2. The molecule has 0 radical (unpaired) electrons. The fraction of sp³-hybridized carbons (Fsp3) is 0.316. The van der Waals surface area contributed by atoms with Crippen LogP contribution in [0.5, 0.6) is 5.75 Å². The summed E-state index contributed by atoms with van der Waals surface area (Å²) in [6.07, 6.45) is 0. The normalized spacial score (nSPS) is 15.7. The van der Waals surface area contributed by atoms with Gasteiger partial charge < -0.3 is 20.2 Å². The van der Waals surface area contributed by atoms with Crippen LogP contribution in [0.3, 0.4) is 0 Å². The Morgan fingerprint density at radius 1 is 1.12 bits per heavy atom. The van der Waals surface area contributed by atoms with Gasteiger partial charge in [0.25, 0.3) is 0 Å². The van der Waals surface area contributed by atoms with Crippen molar-refractivity contribution < 1.29 is 18.7 Å². The fourth-order valence-electron chi connectivity index (χ4n) is 3.09. The molecule has 138 valence electrons. The van der Waals surface area contributed by atoms with E-state index >= 15 is 0 Å². The number of phenolic OH excluding ortho intramolecular Hbond substituents is 1. The number of nitrogens with zero attached hydrogens (tertiary/aromatic N) is 2. The molecular formula is C19H21F2N3O2. The summed E-state index contributed by atoms with van der Waals surface area (Å²) in [5, 5.41) is 12.7. The number of hydrogen-bond acceptors (Lipinski definition) is 3. The van der Waals surface area contributed by atoms with Gasteiger partial charge in [0.2, 0.25) is 0 Å². The van der Waals surface area contributed by atoms with Crippen molar-refractivity contribution in [1.82, 2.24) is 10.2 Å². The topological polar surface area (TPSA) is 55.8 Å². The van der Waals surface area contributed by atoms with Gasteiger partial charge in [0, 0.05) is 37.8 Å². The number of urea groups is 1. The van der Waals surface area contributed by atoms with Gasteiger partial charge in [-0.25, -0.2) is 13.6 Å². The highest BCUT2D eigenvalue weighted by molar-refractivity contribution is 5.75. The SMILES string of the molecule is CC(NC(=O)N1CCN(c2ccccc2O)CC1)c1ccc(F)cc1F. The predicted molar refractivity (Wildman–Crippen MR) is 95.2 cm³/mol. The second-order valence-electron chi connectivity index (χ2n) is 6.30. The Morgan fingerprint density at radius 3 is 2.46 bits per heavy atom.